The molecule has 3 nitrogen and oxygen atoms in total. The summed E-state index contributed by atoms with van der Waals surface area (Å²) in [5.41, 5.74) is 1.15. The second-order valence-electron chi connectivity index (χ2n) is 6.15. The number of phenols is 1. The highest BCUT2D eigenvalue weighted by molar-refractivity contribution is 5.28. The fourth-order valence-corrected chi connectivity index (χ4v) is 2.82. The van der Waals surface area contributed by atoms with Gasteiger partial charge in [0.25, 0.3) is 0 Å². The number of piperidine rings is 1. The van der Waals surface area contributed by atoms with E-state index in [4.69, 9.17) is 0 Å². The number of aromatic hydroxyl groups is 1. The summed E-state index contributed by atoms with van der Waals surface area (Å²) in [6.07, 6.45) is 3.90. The van der Waals surface area contributed by atoms with E-state index in [1.807, 2.05) is 12.1 Å². The normalized spacial score (nSPS) is 19.1. The average molecular weight is 276 g/mol. The molecular weight excluding hydrogens is 248 g/mol. The van der Waals surface area contributed by atoms with Crippen LogP contribution in [-0.4, -0.2) is 36.2 Å². The maximum absolute atomic E-state index is 9.49. The summed E-state index contributed by atoms with van der Waals surface area (Å²) >= 11 is 0. The molecule has 1 unspecified atom stereocenters. The number of hydrogen-bond donors (Lipinski definition) is 2. The van der Waals surface area contributed by atoms with Gasteiger partial charge in [0, 0.05) is 6.04 Å². The van der Waals surface area contributed by atoms with Crippen LogP contribution in [0, 0.1) is 5.92 Å². The van der Waals surface area contributed by atoms with Crippen LogP contribution in [0.5, 0.6) is 5.75 Å². The van der Waals surface area contributed by atoms with Gasteiger partial charge in [-0.1, -0.05) is 19.1 Å². The van der Waals surface area contributed by atoms with Crippen molar-refractivity contribution in [3.05, 3.63) is 29.8 Å². The van der Waals surface area contributed by atoms with Crippen LogP contribution in [0.4, 0.5) is 0 Å². The van der Waals surface area contributed by atoms with Crippen LogP contribution in [0.3, 0.4) is 0 Å². The zero-order valence-corrected chi connectivity index (χ0v) is 12.8. The second kappa shape index (κ2) is 7.65. The van der Waals surface area contributed by atoms with E-state index in [0.717, 1.165) is 18.0 Å². The minimum absolute atomic E-state index is 0.295. The molecule has 3 heteroatoms. The Balaban J connectivity index is 1.63. The Bertz CT molecular complexity index is 400. The first-order valence-corrected chi connectivity index (χ1v) is 7.90. The lowest BCUT2D eigenvalue weighted by atomic mass is 9.99. The molecule has 0 amide bonds. The average Bonchev–Trinajstić information content (AvgIpc) is 2.45. The van der Waals surface area contributed by atoms with Gasteiger partial charge in [-0.2, -0.15) is 0 Å². The molecule has 20 heavy (non-hydrogen) atoms. The van der Waals surface area contributed by atoms with E-state index < -0.39 is 0 Å². The summed E-state index contributed by atoms with van der Waals surface area (Å²) in [4.78, 5) is 2.58. The van der Waals surface area contributed by atoms with Crippen molar-refractivity contribution in [2.45, 2.75) is 39.2 Å². The summed E-state index contributed by atoms with van der Waals surface area (Å²) in [7, 11) is 0. The molecule has 112 valence electrons. The van der Waals surface area contributed by atoms with Crippen LogP contribution in [0.15, 0.2) is 24.3 Å². The molecule has 1 aromatic carbocycles. The largest absolute Gasteiger partial charge is 0.508 e. The second-order valence-corrected chi connectivity index (χ2v) is 6.15. The van der Waals surface area contributed by atoms with Gasteiger partial charge in [-0.15, -0.1) is 0 Å². The number of rotatable bonds is 6. The van der Waals surface area contributed by atoms with Crippen LogP contribution in [0.1, 0.15) is 44.7 Å². The number of likely N-dealkylation sites (tertiary alicyclic amines) is 1. The van der Waals surface area contributed by atoms with Crippen molar-refractivity contribution in [2.24, 2.45) is 5.92 Å². The third kappa shape index (κ3) is 4.80. The Morgan fingerprint density at radius 2 is 2.10 bits per heavy atom. The maximum atomic E-state index is 9.49. The molecule has 2 N–H and O–H groups in total. The first kappa shape index (κ1) is 15.3. The Hall–Kier alpha value is -1.06. The molecule has 0 spiro atoms. The van der Waals surface area contributed by atoms with Crippen LogP contribution in [0.2, 0.25) is 0 Å². The fraction of sp³-hybridized carbons (Fsp3) is 0.647. The van der Waals surface area contributed by atoms with Crippen molar-refractivity contribution in [1.82, 2.24) is 10.2 Å². The molecule has 1 fully saturated rings. The lowest BCUT2D eigenvalue weighted by molar-refractivity contribution is 0.190. The molecule has 1 aromatic rings. The van der Waals surface area contributed by atoms with Gasteiger partial charge in [0.1, 0.15) is 5.75 Å². The van der Waals surface area contributed by atoms with E-state index in [-0.39, 0.29) is 0 Å². The van der Waals surface area contributed by atoms with Crippen molar-refractivity contribution in [1.29, 1.82) is 0 Å². The SMILES string of the molecule is CC1CCN(CCCNC(C)c2cccc(O)c2)CC1. The van der Waals surface area contributed by atoms with Crippen molar-refractivity contribution >= 4 is 0 Å². The molecule has 0 bridgehead atoms. The van der Waals surface area contributed by atoms with Gasteiger partial charge in [-0.25, -0.2) is 0 Å². The summed E-state index contributed by atoms with van der Waals surface area (Å²) in [5.74, 6) is 1.26. The van der Waals surface area contributed by atoms with E-state index in [1.54, 1.807) is 6.07 Å². The predicted octanol–water partition coefficient (Wildman–Crippen LogP) is 3.16. The number of nitrogens with one attached hydrogen (secondary N) is 1. The first-order chi connectivity index (χ1) is 9.65. The molecule has 1 atom stereocenters. The third-order valence-electron chi connectivity index (χ3n) is 4.35. The Kier molecular flexibility index (Phi) is 5.86. The summed E-state index contributed by atoms with van der Waals surface area (Å²) in [6.45, 7) is 9.27. The van der Waals surface area contributed by atoms with Crippen molar-refractivity contribution < 1.29 is 5.11 Å². The predicted molar refractivity (Wildman–Crippen MR) is 84.0 cm³/mol. The van der Waals surface area contributed by atoms with Crippen LogP contribution in [-0.2, 0) is 0 Å². The number of nitrogens with zero attached hydrogens (tertiary/aromatic N) is 1. The van der Waals surface area contributed by atoms with Crippen molar-refractivity contribution in [2.75, 3.05) is 26.2 Å². The third-order valence-corrected chi connectivity index (χ3v) is 4.35. The quantitative estimate of drug-likeness (QED) is 0.783. The summed E-state index contributed by atoms with van der Waals surface area (Å²) in [6, 6.07) is 7.81. The number of phenolic OH excluding ortho intramolecular Hbond substituents is 1. The summed E-state index contributed by atoms with van der Waals surface area (Å²) in [5, 5.41) is 13.0. The Morgan fingerprint density at radius 1 is 1.35 bits per heavy atom. The van der Waals surface area contributed by atoms with Gasteiger partial charge >= 0.3 is 0 Å². The van der Waals surface area contributed by atoms with Gasteiger partial charge in [0.15, 0.2) is 0 Å². The molecule has 1 aliphatic heterocycles. The van der Waals surface area contributed by atoms with Crippen LogP contribution < -0.4 is 5.32 Å². The molecule has 1 saturated heterocycles. The van der Waals surface area contributed by atoms with Gasteiger partial charge in [0.2, 0.25) is 0 Å². The van der Waals surface area contributed by atoms with Crippen molar-refractivity contribution in [3.63, 3.8) is 0 Å². The lowest BCUT2D eigenvalue weighted by Gasteiger charge is -2.30. The van der Waals surface area contributed by atoms with Crippen LogP contribution in [0.25, 0.3) is 0 Å². The molecular formula is C17H28N2O. The zero-order valence-electron chi connectivity index (χ0n) is 12.8. The molecule has 2 rings (SSSR count). The van der Waals surface area contributed by atoms with E-state index in [2.05, 4.69) is 30.1 Å². The van der Waals surface area contributed by atoms with Gasteiger partial charge < -0.3 is 15.3 Å². The Labute approximate surface area is 123 Å². The zero-order chi connectivity index (χ0) is 14.4. The molecule has 1 aliphatic rings. The molecule has 0 aromatic heterocycles. The number of benzene rings is 1. The van der Waals surface area contributed by atoms with E-state index >= 15 is 0 Å². The fourth-order valence-electron chi connectivity index (χ4n) is 2.82. The minimum atomic E-state index is 0.295. The topological polar surface area (TPSA) is 35.5 Å². The van der Waals surface area contributed by atoms with E-state index in [9.17, 15) is 5.11 Å². The molecule has 1 heterocycles. The highest BCUT2D eigenvalue weighted by Crippen LogP contribution is 2.18. The van der Waals surface area contributed by atoms with Gasteiger partial charge in [-0.3, -0.25) is 0 Å². The monoisotopic (exact) mass is 276 g/mol. The number of hydrogen-bond acceptors (Lipinski definition) is 3. The molecule has 0 aliphatic carbocycles. The maximum Gasteiger partial charge on any atom is 0.115 e. The Morgan fingerprint density at radius 3 is 2.80 bits per heavy atom. The van der Waals surface area contributed by atoms with E-state index in [1.165, 1.54) is 38.9 Å². The van der Waals surface area contributed by atoms with Gasteiger partial charge in [0.05, 0.1) is 0 Å². The molecule has 0 saturated carbocycles. The lowest BCUT2D eigenvalue weighted by Crippen LogP contribution is -2.35. The van der Waals surface area contributed by atoms with Gasteiger partial charge in [-0.05, 0) is 76.0 Å². The smallest absolute Gasteiger partial charge is 0.115 e. The first-order valence-electron chi connectivity index (χ1n) is 7.90. The summed E-state index contributed by atoms with van der Waals surface area (Å²) < 4.78 is 0. The highest BCUT2D eigenvalue weighted by Gasteiger charge is 2.14. The van der Waals surface area contributed by atoms with E-state index in [0.29, 0.717) is 11.8 Å². The highest BCUT2D eigenvalue weighted by atomic mass is 16.3. The van der Waals surface area contributed by atoms with Crippen LogP contribution >= 0.6 is 0 Å². The standard InChI is InChI=1S/C17H28N2O/c1-14-7-11-19(12-8-14)10-4-9-18-15(2)16-5-3-6-17(20)13-16/h3,5-6,13-15,18,20H,4,7-12H2,1-2H3. The van der Waals surface area contributed by atoms with Crippen molar-refractivity contribution in [3.8, 4) is 5.75 Å². The molecule has 0 radical (unpaired) electrons. The minimum Gasteiger partial charge on any atom is -0.508 e.